The van der Waals surface area contributed by atoms with Gasteiger partial charge in [-0.3, -0.25) is 14.9 Å². The molecule has 6 nitrogen and oxygen atoms in total. The Morgan fingerprint density at radius 1 is 1.43 bits per heavy atom. The van der Waals surface area contributed by atoms with Crippen LogP contribution in [0, 0.1) is 5.92 Å². The third kappa shape index (κ3) is 4.27. The topological polar surface area (TPSA) is 90.7 Å². The van der Waals surface area contributed by atoms with Crippen molar-refractivity contribution in [3.63, 3.8) is 0 Å². The van der Waals surface area contributed by atoms with Crippen LogP contribution in [-0.2, 0) is 9.53 Å². The maximum atomic E-state index is 12.2. The van der Waals surface area contributed by atoms with E-state index in [9.17, 15) is 9.59 Å². The molecule has 0 aromatic heterocycles. The van der Waals surface area contributed by atoms with Crippen LogP contribution in [0.25, 0.3) is 0 Å². The smallest absolute Gasteiger partial charge is 0.221 e. The van der Waals surface area contributed by atoms with Gasteiger partial charge in [0.15, 0.2) is 5.78 Å². The Hall–Kier alpha value is -1.92. The summed E-state index contributed by atoms with van der Waals surface area (Å²) < 4.78 is 10.5. The maximum Gasteiger partial charge on any atom is 0.221 e. The van der Waals surface area contributed by atoms with Gasteiger partial charge in [-0.1, -0.05) is 0 Å². The van der Waals surface area contributed by atoms with E-state index >= 15 is 0 Å². The highest BCUT2D eigenvalue weighted by atomic mass is 16.5. The van der Waals surface area contributed by atoms with Gasteiger partial charge in [0.05, 0.1) is 13.7 Å². The van der Waals surface area contributed by atoms with Crippen molar-refractivity contribution in [3.05, 3.63) is 29.8 Å². The summed E-state index contributed by atoms with van der Waals surface area (Å²) >= 11 is 0. The molecule has 1 aliphatic heterocycles. The number of hydrogen-bond donors (Lipinski definition) is 2. The van der Waals surface area contributed by atoms with Crippen LogP contribution in [-0.4, -0.2) is 38.2 Å². The number of Topliss-reactive ketones (excluding diaryl/α,β-unsaturated/α-hetero) is 1. The number of carbonyl (C=O) groups excluding carboxylic acids is 2. The molecule has 2 rings (SSSR count). The summed E-state index contributed by atoms with van der Waals surface area (Å²) in [7, 11) is 1.56. The van der Waals surface area contributed by atoms with Gasteiger partial charge in [-0.2, -0.15) is 0 Å². The van der Waals surface area contributed by atoms with Gasteiger partial charge in [-0.25, -0.2) is 0 Å². The molecule has 1 saturated heterocycles. The van der Waals surface area contributed by atoms with E-state index in [0.717, 1.165) is 6.54 Å². The van der Waals surface area contributed by atoms with Crippen molar-refractivity contribution in [2.24, 2.45) is 11.7 Å². The second kappa shape index (κ2) is 7.19. The average Bonchev–Trinajstić information content (AvgIpc) is 2.99. The van der Waals surface area contributed by atoms with Crippen molar-refractivity contribution >= 4 is 11.7 Å². The largest absolute Gasteiger partial charge is 0.497 e. The van der Waals surface area contributed by atoms with E-state index in [1.807, 2.05) is 0 Å². The predicted molar refractivity (Wildman–Crippen MR) is 77.0 cm³/mol. The molecule has 1 aromatic carbocycles. The molecule has 6 heteroatoms. The SMILES string of the molecule is COc1ccc(C(=O)CC(CC2NCCO2)C(N)=O)cc1. The van der Waals surface area contributed by atoms with Crippen LogP contribution in [0.5, 0.6) is 5.75 Å². The van der Waals surface area contributed by atoms with Gasteiger partial charge in [0, 0.05) is 24.4 Å². The molecule has 0 radical (unpaired) electrons. The molecule has 1 aromatic rings. The summed E-state index contributed by atoms with van der Waals surface area (Å²) in [5, 5.41) is 3.11. The normalized spacial score (nSPS) is 19.2. The van der Waals surface area contributed by atoms with E-state index in [-0.39, 0.29) is 18.4 Å². The zero-order valence-electron chi connectivity index (χ0n) is 12.0. The quantitative estimate of drug-likeness (QED) is 0.722. The van der Waals surface area contributed by atoms with Crippen molar-refractivity contribution < 1.29 is 19.1 Å². The average molecular weight is 292 g/mol. The first-order valence-corrected chi connectivity index (χ1v) is 6.91. The Kier molecular flexibility index (Phi) is 5.30. The van der Waals surface area contributed by atoms with Crippen LogP contribution >= 0.6 is 0 Å². The molecule has 1 heterocycles. The molecule has 1 fully saturated rings. The standard InChI is InChI=1S/C15H20N2O4/c1-20-12-4-2-10(3-5-12)13(18)8-11(15(16)19)9-14-17-6-7-21-14/h2-5,11,14,17H,6-9H2,1H3,(H2,16,19). The van der Waals surface area contributed by atoms with Gasteiger partial charge in [0.1, 0.15) is 12.0 Å². The molecular formula is C15H20N2O4. The summed E-state index contributed by atoms with van der Waals surface area (Å²) in [6, 6.07) is 6.80. The van der Waals surface area contributed by atoms with E-state index in [1.54, 1.807) is 31.4 Å². The van der Waals surface area contributed by atoms with Crippen LogP contribution in [0.2, 0.25) is 0 Å². The molecule has 1 aliphatic rings. The fourth-order valence-electron chi connectivity index (χ4n) is 2.31. The van der Waals surface area contributed by atoms with Crippen molar-refractivity contribution in [2.45, 2.75) is 19.1 Å². The monoisotopic (exact) mass is 292 g/mol. The molecule has 2 unspecified atom stereocenters. The van der Waals surface area contributed by atoms with E-state index < -0.39 is 11.8 Å². The Balaban J connectivity index is 1.97. The molecule has 0 aliphatic carbocycles. The van der Waals surface area contributed by atoms with Gasteiger partial charge in [0.25, 0.3) is 0 Å². The number of hydrogen-bond acceptors (Lipinski definition) is 5. The number of amides is 1. The van der Waals surface area contributed by atoms with E-state index in [1.165, 1.54) is 0 Å². The Morgan fingerprint density at radius 2 is 2.14 bits per heavy atom. The first-order valence-electron chi connectivity index (χ1n) is 6.91. The zero-order chi connectivity index (χ0) is 15.2. The summed E-state index contributed by atoms with van der Waals surface area (Å²) in [6.45, 7) is 1.37. The fourth-order valence-corrected chi connectivity index (χ4v) is 2.31. The molecular weight excluding hydrogens is 272 g/mol. The van der Waals surface area contributed by atoms with E-state index in [4.69, 9.17) is 15.2 Å². The van der Waals surface area contributed by atoms with E-state index in [2.05, 4.69) is 5.32 Å². The highest BCUT2D eigenvalue weighted by Gasteiger charge is 2.26. The lowest BCUT2D eigenvalue weighted by Gasteiger charge is -2.17. The van der Waals surface area contributed by atoms with Gasteiger partial charge in [-0.15, -0.1) is 0 Å². The lowest BCUT2D eigenvalue weighted by molar-refractivity contribution is -0.122. The van der Waals surface area contributed by atoms with Gasteiger partial charge >= 0.3 is 0 Å². The van der Waals surface area contributed by atoms with Crippen LogP contribution in [0.15, 0.2) is 24.3 Å². The molecule has 0 bridgehead atoms. The van der Waals surface area contributed by atoms with Gasteiger partial charge in [0.2, 0.25) is 5.91 Å². The van der Waals surface area contributed by atoms with E-state index in [0.29, 0.717) is 24.3 Å². The summed E-state index contributed by atoms with van der Waals surface area (Å²) in [6.07, 6.45) is 0.298. The maximum absolute atomic E-state index is 12.2. The molecule has 3 N–H and O–H groups in total. The van der Waals surface area contributed by atoms with Crippen molar-refractivity contribution in [3.8, 4) is 5.75 Å². The first kappa shape index (κ1) is 15.5. The summed E-state index contributed by atoms with van der Waals surface area (Å²) in [5.74, 6) is -0.439. The summed E-state index contributed by atoms with van der Waals surface area (Å²) in [4.78, 5) is 23.7. The Morgan fingerprint density at radius 3 is 2.67 bits per heavy atom. The molecule has 1 amide bonds. The number of primary amides is 1. The Bertz CT molecular complexity index is 495. The third-order valence-corrected chi connectivity index (χ3v) is 3.54. The molecule has 114 valence electrons. The number of carbonyl (C=O) groups is 2. The predicted octanol–water partition coefficient (Wildman–Crippen LogP) is 0.706. The van der Waals surface area contributed by atoms with Crippen LogP contribution < -0.4 is 15.8 Å². The number of ether oxygens (including phenoxy) is 2. The minimum atomic E-state index is -0.532. The van der Waals surface area contributed by atoms with Crippen LogP contribution in [0.3, 0.4) is 0 Å². The minimum absolute atomic E-state index is 0.0865. The van der Waals surface area contributed by atoms with Gasteiger partial charge in [-0.05, 0) is 30.7 Å². The number of benzene rings is 1. The summed E-state index contributed by atoms with van der Waals surface area (Å²) in [5.41, 5.74) is 5.94. The Labute approximate surface area is 123 Å². The molecule has 2 atom stereocenters. The minimum Gasteiger partial charge on any atom is -0.497 e. The first-order chi connectivity index (χ1) is 10.1. The molecule has 21 heavy (non-hydrogen) atoms. The van der Waals surface area contributed by atoms with Gasteiger partial charge < -0.3 is 15.2 Å². The van der Waals surface area contributed by atoms with Crippen LogP contribution in [0.1, 0.15) is 23.2 Å². The number of ketones is 1. The van der Waals surface area contributed by atoms with Crippen LogP contribution in [0.4, 0.5) is 0 Å². The lowest BCUT2D eigenvalue weighted by Crippen LogP contribution is -2.33. The highest BCUT2D eigenvalue weighted by molar-refractivity contribution is 5.98. The number of methoxy groups -OCH3 is 1. The number of nitrogens with one attached hydrogen (secondary N) is 1. The number of nitrogens with two attached hydrogens (primary N) is 1. The third-order valence-electron chi connectivity index (χ3n) is 3.54. The fraction of sp³-hybridized carbons (Fsp3) is 0.467. The zero-order valence-corrected chi connectivity index (χ0v) is 12.0. The molecule has 0 spiro atoms. The number of rotatable bonds is 7. The van der Waals surface area contributed by atoms with Crippen molar-refractivity contribution in [2.75, 3.05) is 20.3 Å². The second-order valence-corrected chi connectivity index (χ2v) is 5.00. The molecule has 0 saturated carbocycles. The lowest BCUT2D eigenvalue weighted by atomic mass is 9.94. The van der Waals surface area contributed by atoms with Crippen molar-refractivity contribution in [1.29, 1.82) is 0 Å². The van der Waals surface area contributed by atoms with Crippen molar-refractivity contribution in [1.82, 2.24) is 5.32 Å². The highest BCUT2D eigenvalue weighted by Crippen LogP contribution is 2.19. The second-order valence-electron chi connectivity index (χ2n) is 5.00.